The minimum atomic E-state index is -0.554. The van der Waals surface area contributed by atoms with Crippen LogP contribution in [0.15, 0.2) is 42.6 Å². The molecule has 0 aliphatic heterocycles. The highest BCUT2D eigenvalue weighted by Crippen LogP contribution is 2.18. The second kappa shape index (κ2) is 5.72. The number of benzene rings is 1. The average molecular weight is 295 g/mol. The zero-order valence-electron chi connectivity index (χ0n) is 12.1. The third-order valence-corrected chi connectivity index (χ3v) is 3.00. The maximum atomic E-state index is 11.4. The number of aromatic nitrogens is 5. The quantitative estimate of drug-likeness (QED) is 0.685. The molecule has 2 aromatic heterocycles. The van der Waals surface area contributed by atoms with Crippen LogP contribution in [-0.2, 0) is 4.74 Å². The topological polar surface area (TPSA) is 82.8 Å². The van der Waals surface area contributed by atoms with Gasteiger partial charge in [0.15, 0.2) is 5.69 Å². The van der Waals surface area contributed by atoms with Gasteiger partial charge in [-0.15, -0.1) is 5.10 Å². The standard InChI is InChI=1S/C15H13N5O2/c1-10-8-12(11-6-4-3-5-7-11)17-15(16-10)20-9-13(18-19-20)14(21)22-2/h3-9H,1-2H3. The molecule has 0 amide bonds. The fourth-order valence-electron chi connectivity index (χ4n) is 1.97. The molecule has 0 unspecified atom stereocenters. The summed E-state index contributed by atoms with van der Waals surface area (Å²) in [6.45, 7) is 1.87. The van der Waals surface area contributed by atoms with Gasteiger partial charge >= 0.3 is 5.97 Å². The van der Waals surface area contributed by atoms with Crippen molar-refractivity contribution in [1.82, 2.24) is 25.0 Å². The highest BCUT2D eigenvalue weighted by molar-refractivity contribution is 5.86. The number of methoxy groups -OCH3 is 1. The van der Waals surface area contributed by atoms with Gasteiger partial charge in [0.2, 0.25) is 0 Å². The summed E-state index contributed by atoms with van der Waals surface area (Å²) < 4.78 is 5.96. The summed E-state index contributed by atoms with van der Waals surface area (Å²) in [6, 6.07) is 11.6. The first-order chi connectivity index (χ1) is 10.7. The molecule has 7 nitrogen and oxygen atoms in total. The van der Waals surface area contributed by atoms with E-state index in [-0.39, 0.29) is 5.69 Å². The van der Waals surface area contributed by atoms with Crippen molar-refractivity contribution in [3.8, 4) is 17.2 Å². The van der Waals surface area contributed by atoms with Crippen molar-refractivity contribution in [1.29, 1.82) is 0 Å². The van der Waals surface area contributed by atoms with Crippen LogP contribution >= 0.6 is 0 Å². The van der Waals surface area contributed by atoms with Crippen molar-refractivity contribution in [2.45, 2.75) is 6.92 Å². The molecule has 2 heterocycles. The van der Waals surface area contributed by atoms with Crippen LogP contribution in [0.25, 0.3) is 17.2 Å². The Morgan fingerprint density at radius 2 is 1.95 bits per heavy atom. The van der Waals surface area contributed by atoms with E-state index in [1.165, 1.54) is 18.0 Å². The largest absolute Gasteiger partial charge is 0.464 e. The van der Waals surface area contributed by atoms with Gasteiger partial charge in [-0.3, -0.25) is 0 Å². The summed E-state index contributed by atoms with van der Waals surface area (Å²) in [5.41, 5.74) is 2.65. The van der Waals surface area contributed by atoms with E-state index in [0.717, 1.165) is 17.0 Å². The van der Waals surface area contributed by atoms with E-state index in [1.807, 2.05) is 43.3 Å². The van der Waals surface area contributed by atoms with Crippen molar-refractivity contribution >= 4 is 5.97 Å². The molecule has 0 atom stereocenters. The molecule has 0 saturated carbocycles. The molecule has 0 saturated heterocycles. The Bertz CT molecular complexity index is 814. The van der Waals surface area contributed by atoms with Crippen LogP contribution in [0.3, 0.4) is 0 Å². The second-order valence-electron chi connectivity index (χ2n) is 4.60. The smallest absolute Gasteiger partial charge is 0.360 e. The van der Waals surface area contributed by atoms with Crippen molar-refractivity contribution in [3.05, 3.63) is 54.0 Å². The predicted molar refractivity (Wildman–Crippen MR) is 78.5 cm³/mol. The van der Waals surface area contributed by atoms with E-state index in [4.69, 9.17) is 0 Å². The van der Waals surface area contributed by atoms with Gasteiger partial charge in [0.25, 0.3) is 5.95 Å². The molecular weight excluding hydrogens is 282 g/mol. The van der Waals surface area contributed by atoms with Crippen LogP contribution in [-0.4, -0.2) is 38.0 Å². The lowest BCUT2D eigenvalue weighted by Crippen LogP contribution is -2.04. The highest BCUT2D eigenvalue weighted by Gasteiger charge is 2.13. The third kappa shape index (κ3) is 2.69. The van der Waals surface area contributed by atoms with Gasteiger partial charge < -0.3 is 4.74 Å². The minimum Gasteiger partial charge on any atom is -0.464 e. The van der Waals surface area contributed by atoms with Crippen molar-refractivity contribution in [2.24, 2.45) is 0 Å². The third-order valence-electron chi connectivity index (χ3n) is 3.00. The number of carbonyl (C=O) groups is 1. The molecule has 7 heteroatoms. The first-order valence-electron chi connectivity index (χ1n) is 6.59. The Morgan fingerprint density at radius 1 is 1.18 bits per heavy atom. The maximum Gasteiger partial charge on any atom is 0.360 e. The van der Waals surface area contributed by atoms with Crippen LogP contribution in [0.4, 0.5) is 0 Å². The fourth-order valence-corrected chi connectivity index (χ4v) is 1.97. The molecule has 0 N–H and O–H groups in total. The normalized spacial score (nSPS) is 10.5. The van der Waals surface area contributed by atoms with Gasteiger partial charge in [0.05, 0.1) is 19.0 Å². The Kier molecular flexibility index (Phi) is 3.61. The molecule has 0 aliphatic rings. The SMILES string of the molecule is COC(=O)c1cn(-c2nc(C)cc(-c3ccccc3)n2)nn1. The van der Waals surface area contributed by atoms with Gasteiger partial charge in [0.1, 0.15) is 0 Å². The first-order valence-corrected chi connectivity index (χ1v) is 6.59. The molecule has 110 valence electrons. The van der Waals surface area contributed by atoms with Gasteiger partial charge in [-0.2, -0.15) is 4.68 Å². The summed E-state index contributed by atoms with van der Waals surface area (Å²) in [5, 5.41) is 7.63. The summed E-state index contributed by atoms with van der Waals surface area (Å²) in [5.74, 6) is -0.205. The molecule has 0 radical (unpaired) electrons. The fraction of sp³-hybridized carbons (Fsp3) is 0.133. The number of nitrogens with zero attached hydrogens (tertiary/aromatic N) is 5. The maximum absolute atomic E-state index is 11.4. The Balaban J connectivity index is 2.03. The minimum absolute atomic E-state index is 0.105. The van der Waals surface area contributed by atoms with Gasteiger partial charge in [-0.1, -0.05) is 35.5 Å². The highest BCUT2D eigenvalue weighted by atomic mass is 16.5. The molecule has 22 heavy (non-hydrogen) atoms. The van der Waals surface area contributed by atoms with E-state index in [2.05, 4.69) is 25.0 Å². The predicted octanol–water partition coefficient (Wildman–Crippen LogP) is 1.82. The lowest BCUT2D eigenvalue weighted by atomic mass is 10.1. The number of rotatable bonds is 3. The second-order valence-corrected chi connectivity index (χ2v) is 4.60. The van der Waals surface area contributed by atoms with E-state index >= 15 is 0 Å². The van der Waals surface area contributed by atoms with Crippen LogP contribution in [0, 0.1) is 6.92 Å². The number of carbonyl (C=O) groups excluding carboxylic acids is 1. The van der Waals surface area contributed by atoms with Crippen molar-refractivity contribution < 1.29 is 9.53 Å². The van der Waals surface area contributed by atoms with E-state index < -0.39 is 5.97 Å². The Hall–Kier alpha value is -3.09. The first kappa shape index (κ1) is 13.9. The van der Waals surface area contributed by atoms with E-state index in [0.29, 0.717) is 5.95 Å². The zero-order chi connectivity index (χ0) is 15.5. The lowest BCUT2D eigenvalue weighted by Gasteiger charge is -2.05. The Morgan fingerprint density at radius 3 is 2.68 bits per heavy atom. The number of hydrogen-bond acceptors (Lipinski definition) is 6. The number of hydrogen-bond donors (Lipinski definition) is 0. The van der Waals surface area contributed by atoms with Gasteiger partial charge in [0, 0.05) is 11.3 Å². The monoisotopic (exact) mass is 295 g/mol. The van der Waals surface area contributed by atoms with Gasteiger partial charge in [-0.25, -0.2) is 14.8 Å². The van der Waals surface area contributed by atoms with E-state index in [9.17, 15) is 4.79 Å². The number of ether oxygens (including phenoxy) is 1. The Labute approximate surface area is 126 Å². The molecule has 0 bridgehead atoms. The van der Waals surface area contributed by atoms with Crippen LogP contribution < -0.4 is 0 Å². The average Bonchev–Trinajstić information content (AvgIpc) is 3.04. The van der Waals surface area contributed by atoms with Crippen LogP contribution in [0.2, 0.25) is 0 Å². The molecule has 1 aromatic carbocycles. The summed E-state index contributed by atoms with van der Waals surface area (Å²) in [6.07, 6.45) is 1.44. The van der Waals surface area contributed by atoms with Crippen molar-refractivity contribution in [2.75, 3.05) is 7.11 Å². The van der Waals surface area contributed by atoms with E-state index in [1.54, 1.807) is 0 Å². The zero-order valence-corrected chi connectivity index (χ0v) is 12.1. The van der Waals surface area contributed by atoms with Gasteiger partial charge in [-0.05, 0) is 13.0 Å². The van der Waals surface area contributed by atoms with Crippen LogP contribution in [0.1, 0.15) is 16.2 Å². The lowest BCUT2D eigenvalue weighted by molar-refractivity contribution is 0.0594. The van der Waals surface area contributed by atoms with Crippen LogP contribution in [0.5, 0.6) is 0 Å². The summed E-state index contributed by atoms with van der Waals surface area (Å²) >= 11 is 0. The molecule has 0 aliphatic carbocycles. The molecular formula is C15H13N5O2. The number of esters is 1. The molecule has 0 spiro atoms. The summed E-state index contributed by atoms with van der Waals surface area (Å²) in [4.78, 5) is 20.2. The van der Waals surface area contributed by atoms with Crippen molar-refractivity contribution in [3.63, 3.8) is 0 Å². The molecule has 0 fully saturated rings. The molecule has 3 aromatic rings. The molecule has 3 rings (SSSR count). The number of aryl methyl sites for hydroxylation is 1. The summed E-state index contributed by atoms with van der Waals surface area (Å²) in [7, 11) is 1.29.